The first kappa shape index (κ1) is 19.6. The topological polar surface area (TPSA) is 58.2 Å². The highest BCUT2D eigenvalue weighted by molar-refractivity contribution is 8.00. The number of carbonyl (C=O) groups is 2. The number of hydrogen-bond donors (Lipinski definition) is 2. The summed E-state index contributed by atoms with van der Waals surface area (Å²) >= 11 is 7.74. The summed E-state index contributed by atoms with van der Waals surface area (Å²) in [6.45, 7) is 4.32. The molecule has 0 saturated carbocycles. The van der Waals surface area contributed by atoms with Crippen molar-refractivity contribution in [3.05, 3.63) is 41.4 Å². The van der Waals surface area contributed by atoms with Crippen LogP contribution in [0.2, 0.25) is 5.02 Å². The summed E-state index contributed by atoms with van der Waals surface area (Å²) in [5, 5.41) is 8.37. The average molecular weight is 379 g/mol. The normalized spacial score (nSPS) is 12.0. The Kier molecular flexibility index (Phi) is 7.59. The van der Waals surface area contributed by atoms with Crippen molar-refractivity contribution >= 4 is 45.9 Å². The minimum atomic E-state index is -0.0922. The van der Waals surface area contributed by atoms with Crippen LogP contribution in [0.15, 0.2) is 41.3 Å². The van der Waals surface area contributed by atoms with E-state index in [1.807, 2.05) is 50.2 Å². The predicted octanol–water partition coefficient (Wildman–Crippen LogP) is 4.01. The van der Waals surface area contributed by atoms with Gasteiger partial charge in [-0.15, -0.1) is 11.8 Å². The fraction of sp³-hybridized carbons (Fsp3) is 0.368. The molecular weight excluding hydrogens is 356 g/mol. The number of fused-ring (bicyclic) bond motifs is 1. The first-order valence-electron chi connectivity index (χ1n) is 8.37. The second-order valence-corrected chi connectivity index (χ2v) is 7.28. The van der Waals surface area contributed by atoms with Crippen LogP contribution in [0, 0.1) is 0 Å². The third-order valence-corrected chi connectivity index (χ3v) is 5.24. The molecular formula is C19H23ClN2O2S. The molecule has 0 bridgehead atoms. The summed E-state index contributed by atoms with van der Waals surface area (Å²) in [5.74, 6) is 0.158. The number of amides is 2. The summed E-state index contributed by atoms with van der Waals surface area (Å²) in [6.07, 6.45) is 1.18. The lowest BCUT2D eigenvalue weighted by Crippen LogP contribution is -2.35. The van der Waals surface area contributed by atoms with Crippen molar-refractivity contribution in [2.75, 3.05) is 12.3 Å². The van der Waals surface area contributed by atoms with Crippen LogP contribution in [-0.4, -0.2) is 30.2 Å². The molecule has 0 heterocycles. The van der Waals surface area contributed by atoms with Crippen molar-refractivity contribution in [3.63, 3.8) is 0 Å². The summed E-state index contributed by atoms with van der Waals surface area (Å²) in [4.78, 5) is 24.7. The molecule has 0 spiro atoms. The van der Waals surface area contributed by atoms with Gasteiger partial charge in [0.2, 0.25) is 11.8 Å². The maximum atomic E-state index is 12.0. The van der Waals surface area contributed by atoms with Crippen molar-refractivity contribution in [1.29, 1.82) is 0 Å². The Labute approximate surface area is 157 Å². The van der Waals surface area contributed by atoms with E-state index in [9.17, 15) is 9.59 Å². The minimum absolute atomic E-state index is 0.0388. The van der Waals surface area contributed by atoms with Gasteiger partial charge < -0.3 is 10.6 Å². The minimum Gasteiger partial charge on any atom is -0.355 e. The van der Waals surface area contributed by atoms with Gasteiger partial charge in [0.15, 0.2) is 0 Å². The monoisotopic (exact) mass is 378 g/mol. The van der Waals surface area contributed by atoms with E-state index in [4.69, 9.17) is 11.6 Å². The van der Waals surface area contributed by atoms with Gasteiger partial charge in [-0.2, -0.15) is 0 Å². The zero-order chi connectivity index (χ0) is 18.2. The van der Waals surface area contributed by atoms with E-state index < -0.39 is 0 Å². The molecule has 2 aromatic rings. The molecule has 0 aliphatic heterocycles. The Morgan fingerprint density at radius 2 is 1.88 bits per heavy atom. The zero-order valence-corrected chi connectivity index (χ0v) is 16.0. The van der Waals surface area contributed by atoms with E-state index in [-0.39, 0.29) is 23.6 Å². The zero-order valence-electron chi connectivity index (χ0n) is 14.5. The molecule has 2 rings (SSSR count). The predicted molar refractivity (Wildman–Crippen MR) is 105 cm³/mol. The number of thioether (sulfide) groups is 1. The Bertz CT molecular complexity index is 746. The Balaban J connectivity index is 1.82. The molecule has 6 heteroatoms. The van der Waals surface area contributed by atoms with E-state index in [0.717, 1.165) is 22.1 Å². The van der Waals surface area contributed by atoms with Crippen LogP contribution in [0.3, 0.4) is 0 Å². The lowest BCUT2D eigenvalue weighted by atomic mass is 10.1. The standard InChI is InChI=1S/C19H23ClN2O2S/c1-3-13(2)22-17(23)10-11-21-18(24)12-25-16-9-5-7-14-6-4-8-15(20)19(14)16/h4-9,13H,3,10-12H2,1-2H3,(H,21,24)(H,22,23). The summed E-state index contributed by atoms with van der Waals surface area (Å²) < 4.78 is 0. The molecule has 2 amide bonds. The van der Waals surface area contributed by atoms with Crippen LogP contribution in [0.5, 0.6) is 0 Å². The molecule has 25 heavy (non-hydrogen) atoms. The summed E-state index contributed by atoms with van der Waals surface area (Å²) in [6, 6.07) is 11.8. The van der Waals surface area contributed by atoms with Gasteiger partial charge in [-0.3, -0.25) is 9.59 Å². The Hall–Kier alpha value is -1.72. The maximum Gasteiger partial charge on any atom is 0.230 e. The Morgan fingerprint density at radius 3 is 2.60 bits per heavy atom. The smallest absolute Gasteiger partial charge is 0.230 e. The van der Waals surface area contributed by atoms with E-state index in [1.54, 1.807) is 0 Å². The van der Waals surface area contributed by atoms with Crippen LogP contribution in [-0.2, 0) is 9.59 Å². The fourth-order valence-electron chi connectivity index (χ4n) is 2.34. The van der Waals surface area contributed by atoms with E-state index in [1.165, 1.54) is 11.8 Å². The largest absolute Gasteiger partial charge is 0.355 e. The van der Waals surface area contributed by atoms with Gasteiger partial charge in [0.25, 0.3) is 0 Å². The molecule has 4 nitrogen and oxygen atoms in total. The van der Waals surface area contributed by atoms with Crippen LogP contribution in [0.1, 0.15) is 26.7 Å². The number of benzene rings is 2. The quantitative estimate of drug-likeness (QED) is 0.682. The van der Waals surface area contributed by atoms with Gasteiger partial charge in [-0.1, -0.05) is 42.8 Å². The number of hydrogen-bond acceptors (Lipinski definition) is 3. The highest BCUT2D eigenvalue weighted by atomic mass is 35.5. The molecule has 0 aliphatic rings. The number of carbonyl (C=O) groups excluding carboxylic acids is 2. The van der Waals surface area contributed by atoms with Crippen molar-refractivity contribution in [2.24, 2.45) is 0 Å². The maximum absolute atomic E-state index is 12.0. The van der Waals surface area contributed by atoms with Crippen LogP contribution in [0.25, 0.3) is 10.8 Å². The molecule has 0 aromatic heterocycles. The van der Waals surface area contributed by atoms with Crippen molar-refractivity contribution < 1.29 is 9.59 Å². The SMILES string of the molecule is CCC(C)NC(=O)CCNC(=O)CSc1cccc2cccc(Cl)c12. The van der Waals surface area contributed by atoms with E-state index in [2.05, 4.69) is 10.6 Å². The van der Waals surface area contributed by atoms with E-state index in [0.29, 0.717) is 18.0 Å². The van der Waals surface area contributed by atoms with Gasteiger partial charge >= 0.3 is 0 Å². The molecule has 0 saturated heterocycles. The Morgan fingerprint density at radius 1 is 1.16 bits per heavy atom. The molecule has 2 aromatic carbocycles. The lowest BCUT2D eigenvalue weighted by molar-refractivity contribution is -0.122. The highest BCUT2D eigenvalue weighted by Gasteiger charge is 2.09. The molecule has 0 radical (unpaired) electrons. The average Bonchev–Trinajstić information content (AvgIpc) is 2.59. The molecule has 2 N–H and O–H groups in total. The van der Waals surface area contributed by atoms with Gasteiger partial charge in [-0.05, 0) is 30.9 Å². The van der Waals surface area contributed by atoms with Gasteiger partial charge in [0.05, 0.1) is 5.75 Å². The fourth-order valence-corrected chi connectivity index (χ4v) is 3.62. The first-order valence-corrected chi connectivity index (χ1v) is 9.73. The van der Waals surface area contributed by atoms with Crippen molar-refractivity contribution in [2.45, 2.75) is 37.6 Å². The first-order chi connectivity index (χ1) is 12.0. The van der Waals surface area contributed by atoms with E-state index >= 15 is 0 Å². The van der Waals surface area contributed by atoms with Crippen LogP contribution < -0.4 is 10.6 Å². The molecule has 1 unspecified atom stereocenters. The third-order valence-electron chi connectivity index (χ3n) is 3.87. The van der Waals surface area contributed by atoms with Crippen molar-refractivity contribution in [3.8, 4) is 0 Å². The highest BCUT2D eigenvalue weighted by Crippen LogP contribution is 2.32. The van der Waals surface area contributed by atoms with Crippen LogP contribution >= 0.6 is 23.4 Å². The molecule has 134 valence electrons. The second-order valence-electron chi connectivity index (χ2n) is 5.86. The number of rotatable bonds is 8. The number of nitrogens with one attached hydrogen (secondary N) is 2. The van der Waals surface area contributed by atoms with Gasteiger partial charge in [0.1, 0.15) is 0 Å². The second kappa shape index (κ2) is 9.68. The number of halogens is 1. The molecule has 0 aliphatic carbocycles. The van der Waals surface area contributed by atoms with Crippen molar-refractivity contribution in [1.82, 2.24) is 10.6 Å². The van der Waals surface area contributed by atoms with Crippen LogP contribution in [0.4, 0.5) is 0 Å². The van der Waals surface area contributed by atoms with Gasteiger partial charge in [0, 0.05) is 34.3 Å². The summed E-state index contributed by atoms with van der Waals surface area (Å²) in [5.41, 5.74) is 0. The molecule has 0 fully saturated rings. The third kappa shape index (κ3) is 5.94. The lowest BCUT2D eigenvalue weighted by Gasteiger charge is -2.11. The molecule has 1 atom stereocenters. The van der Waals surface area contributed by atoms with Gasteiger partial charge in [-0.25, -0.2) is 0 Å². The summed E-state index contributed by atoms with van der Waals surface area (Å²) in [7, 11) is 0.